The average molecular weight is 517 g/mol. The van der Waals surface area contributed by atoms with Crippen LogP contribution in [0, 0.1) is 11.3 Å². The third-order valence-corrected chi connectivity index (χ3v) is 6.09. The van der Waals surface area contributed by atoms with Crippen LogP contribution in [0.3, 0.4) is 0 Å². The molecule has 0 saturated heterocycles. The Morgan fingerprint density at radius 1 is 1.13 bits per heavy atom. The van der Waals surface area contributed by atoms with Gasteiger partial charge in [0.1, 0.15) is 23.7 Å². The third-order valence-electron chi connectivity index (χ3n) is 6.09. The number of rotatable bonds is 8. The Labute approximate surface area is 219 Å². The van der Waals surface area contributed by atoms with E-state index in [1.54, 1.807) is 61.0 Å². The van der Waals surface area contributed by atoms with Crippen molar-refractivity contribution in [3.63, 3.8) is 0 Å². The number of amides is 1. The van der Waals surface area contributed by atoms with Gasteiger partial charge in [-0.25, -0.2) is 14.4 Å². The first-order valence-corrected chi connectivity index (χ1v) is 12.0. The summed E-state index contributed by atoms with van der Waals surface area (Å²) >= 11 is 0. The topological polar surface area (TPSA) is 136 Å². The highest BCUT2D eigenvalue weighted by Gasteiger charge is 2.27. The summed E-state index contributed by atoms with van der Waals surface area (Å²) in [5, 5.41) is 36.0. The Morgan fingerprint density at radius 2 is 1.89 bits per heavy atom. The maximum Gasteiger partial charge on any atom is 0.255 e. The number of anilines is 2. The van der Waals surface area contributed by atoms with Gasteiger partial charge < -0.3 is 20.8 Å². The molecule has 4 rings (SSSR count). The predicted octanol–water partition coefficient (Wildman–Crippen LogP) is 4.10. The van der Waals surface area contributed by atoms with Crippen LogP contribution in [0.15, 0.2) is 61.1 Å². The number of alkyl halides is 1. The maximum absolute atomic E-state index is 14.3. The number of aliphatic hydroxyl groups is 2. The second kappa shape index (κ2) is 10.2. The molecule has 0 bridgehead atoms. The van der Waals surface area contributed by atoms with Crippen molar-refractivity contribution in [1.82, 2.24) is 19.9 Å². The second-order valence-corrected chi connectivity index (χ2v) is 10.1. The lowest BCUT2D eigenvalue weighted by atomic mass is 9.98. The number of hydrogen-bond donors (Lipinski definition) is 4. The van der Waals surface area contributed by atoms with Gasteiger partial charge in [-0.3, -0.25) is 9.36 Å². The molecule has 1 unspecified atom stereocenters. The molecule has 1 amide bonds. The van der Waals surface area contributed by atoms with Crippen molar-refractivity contribution in [2.45, 2.75) is 45.1 Å². The van der Waals surface area contributed by atoms with Gasteiger partial charge in [-0.15, -0.1) is 0 Å². The van der Waals surface area contributed by atoms with Crippen molar-refractivity contribution >= 4 is 28.3 Å². The number of carbonyl (C=O) groups is 1. The van der Waals surface area contributed by atoms with Gasteiger partial charge in [-0.1, -0.05) is 12.1 Å². The second-order valence-electron chi connectivity index (χ2n) is 10.1. The summed E-state index contributed by atoms with van der Waals surface area (Å²) in [4.78, 5) is 21.9. The average Bonchev–Trinajstić information content (AvgIpc) is 3.29. The standard InChI is InChI=1S/C28H29FN6O3/c1-27(2,37)19-6-5-7-20(11-19)34-22-12-24(35-9-8-18-10-17(13-30)14-32-25(18)35)31-15-21(22)26(36)33-16-23(29)28(3,4)38/h5-12,14-15,23,37-38H,16H2,1-4H3,(H,31,34)(H,33,36). The van der Waals surface area contributed by atoms with Gasteiger partial charge in [0.15, 0.2) is 0 Å². The first-order chi connectivity index (χ1) is 17.9. The Hall–Kier alpha value is -4.33. The van der Waals surface area contributed by atoms with E-state index in [1.807, 2.05) is 6.07 Å². The molecule has 3 aromatic heterocycles. The van der Waals surface area contributed by atoms with Crippen LogP contribution in [0.1, 0.15) is 49.2 Å². The maximum atomic E-state index is 14.3. The van der Waals surface area contributed by atoms with E-state index < -0.39 is 23.3 Å². The number of carbonyl (C=O) groups excluding carboxylic acids is 1. The first kappa shape index (κ1) is 26.7. The van der Waals surface area contributed by atoms with Crippen molar-refractivity contribution < 1.29 is 19.4 Å². The van der Waals surface area contributed by atoms with Crippen molar-refractivity contribution in [2.75, 3.05) is 11.9 Å². The number of halogens is 1. The SMILES string of the molecule is CC(C)(O)c1cccc(Nc2cc(-n3ccc4cc(C#N)cnc43)ncc2C(=O)NCC(F)C(C)(C)O)c1. The van der Waals surface area contributed by atoms with Gasteiger partial charge in [0.25, 0.3) is 5.91 Å². The number of benzene rings is 1. The van der Waals surface area contributed by atoms with Crippen LogP contribution in [-0.2, 0) is 5.60 Å². The summed E-state index contributed by atoms with van der Waals surface area (Å²) in [7, 11) is 0. The molecule has 196 valence electrons. The lowest BCUT2D eigenvalue weighted by Gasteiger charge is -2.23. The summed E-state index contributed by atoms with van der Waals surface area (Å²) < 4.78 is 16.0. The van der Waals surface area contributed by atoms with Crippen LogP contribution in [-0.4, -0.2) is 49.0 Å². The lowest BCUT2D eigenvalue weighted by molar-refractivity contribution is -0.00177. The van der Waals surface area contributed by atoms with Gasteiger partial charge in [-0.2, -0.15) is 5.26 Å². The van der Waals surface area contributed by atoms with Gasteiger partial charge >= 0.3 is 0 Å². The highest BCUT2D eigenvalue weighted by Crippen LogP contribution is 2.28. The van der Waals surface area contributed by atoms with Crippen LogP contribution < -0.4 is 10.6 Å². The van der Waals surface area contributed by atoms with Gasteiger partial charge in [-0.05, 0) is 57.5 Å². The van der Waals surface area contributed by atoms with Crippen molar-refractivity contribution in [3.8, 4) is 11.9 Å². The Bertz CT molecular complexity index is 1530. The highest BCUT2D eigenvalue weighted by atomic mass is 19.1. The smallest absolute Gasteiger partial charge is 0.255 e. The summed E-state index contributed by atoms with van der Waals surface area (Å²) in [5.41, 5.74) is 0.146. The van der Waals surface area contributed by atoms with E-state index in [0.29, 0.717) is 34.0 Å². The van der Waals surface area contributed by atoms with Crippen molar-refractivity contribution in [3.05, 3.63) is 77.7 Å². The molecule has 3 heterocycles. The Kier molecular flexibility index (Phi) is 7.18. The minimum Gasteiger partial charge on any atom is -0.387 e. The minimum atomic E-state index is -1.67. The van der Waals surface area contributed by atoms with Crippen molar-refractivity contribution in [2.24, 2.45) is 0 Å². The lowest BCUT2D eigenvalue weighted by Crippen LogP contribution is -2.42. The summed E-state index contributed by atoms with van der Waals surface area (Å²) in [6.07, 6.45) is 2.93. The van der Waals surface area contributed by atoms with Crippen LogP contribution in [0.5, 0.6) is 0 Å². The summed E-state index contributed by atoms with van der Waals surface area (Å²) in [6, 6.07) is 14.4. The molecule has 0 fully saturated rings. The molecule has 4 aromatic rings. The fraction of sp³-hybridized carbons (Fsp3) is 0.286. The molecule has 9 nitrogen and oxygen atoms in total. The molecule has 0 aliphatic rings. The molecule has 0 spiro atoms. The van der Waals surface area contributed by atoms with E-state index in [4.69, 9.17) is 5.26 Å². The zero-order valence-corrected chi connectivity index (χ0v) is 21.5. The zero-order chi connectivity index (χ0) is 27.7. The minimum absolute atomic E-state index is 0.154. The normalized spacial score (nSPS) is 12.7. The number of nitriles is 1. The summed E-state index contributed by atoms with van der Waals surface area (Å²) in [5.74, 6) is -0.124. The fourth-order valence-corrected chi connectivity index (χ4v) is 3.79. The number of pyridine rings is 2. The van der Waals surface area contributed by atoms with E-state index >= 15 is 0 Å². The molecule has 4 N–H and O–H groups in total. The molecule has 0 aliphatic carbocycles. The van der Waals surface area contributed by atoms with E-state index in [-0.39, 0.29) is 12.1 Å². The molecule has 1 aromatic carbocycles. The van der Waals surface area contributed by atoms with Gasteiger partial charge in [0, 0.05) is 35.7 Å². The van der Waals surface area contributed by atoms with E-state index in [9.17, 15) is 19.4 Å². The molecule has 0 aliphatic heterocycles. The molecule has 1 atom stereocenters. The quantitative estimate of drug-likeness (QED) is 0.277. The zero-order valence-electron chi connectivity index (χ0n) is 21.5. The summed E-state index contributed by atoms with van der Waals surface area (Å²) in [6.45, 7) is 5.63. The van der Waals surface area contributed by atoms with Crippen LogP contribution in [0.2, 0.25) is 0 Å². The van der Waals surface area contributed by atoms with Crippen LogP contribution in [0.4, 0.5) is 15.8 Å². The molecule has 0 radical (unpaired) electrons. The van der Waals surface area contributed by atoms with E-state index in [2.05, 4.69) is 26.7 Å². The number of aromatic nitrogens is 3. The van der Waals surface area contributed by atoms with E-state index in [1.165, 1.54) is 26.2 Å². The van der Waals surface area contributed by atoms with E-state index in [0.717, 1.165) is 5.39 Å². The molecule has 38 heavy (non-hydrogen) atoms. The monoisotopic (exact) mass is 516 g/mol. The van der Waals surface area contributed by atoms with Crippen molar-refractivity contribution in [1.29, 1.82) is 5.26 Å². The Morgan fingerprint density at radius 3 is 2.58 bits per heavy atom. The highest BCUT2D eigenvalue weighted by molar-refractivity contribution is 6.00. The van der Waals surface area contributed by atoms with Gasteiger partial charge in [0.05, 0.1) is 34.6 Å². The number of nitrogens with zero attached hydrogens (tertiary/aromatic N) is 4. The van der Waals surface area contributed by atoms with Crippen LogP contribution >= 0.6 is 0 Å². The molecule has 0 saturated carbocycles. The largest absolute Gasteiger partial charge is 0.387 e. The van der Waals surface area contributed by atoms with Gasteiger partial charge in [0.2, 0.25) is 0 Å². The first-order valence-electron chi connectivity index (χ1n) is 12.0. The third kappa shape index (κ3) is 5.80. The Balaban J connectivity index is 1.74. The number of hydrogen-bond acceptors (Lipinski definition) is 7. The molecule has 10 heteroatoms. The predicted molar refractivity (Wildman–Crippen MR) is 142 cm³/mol. The molecular formula is C28H29FN6O3. The number of fused-ring (bicyclic) bond motifs is 1. The van der Waals surface area contributed by atoms with Crippen LogP contribution in [0.25, 0.3) is 16.9 Å². The molecular weight excluding hydrogens is 487 g/mol. The fourth-order valence-electron chi connectivity index (χ4n) is 3.79. The number of nitrogens with one attached hydrogen (secondary N) is 2.